The van der Waals surface area contributed by atoms with Crippen LogP contribution in [0.3, 0.4) is 0 Å². The summed E-state index contributed by atoms with van der Waals surface area (Å²) < 4.78 is 23.1. The van der Waals surface area contributed by atoms with Crippen LogP contribution < -0.4 is 0 Å². The molecule has 66 valence electrons. The Balaban J connectivity index is 2.70. The molecule has 11 heavy (non-hydrogen) atoms. The topological polar surface area (TPSA) is 37.4 Å². The fourth-order valence-electron chi connectivity index (χ4n) is 1.40. The van der Waals surface area contributed by atoms with Gasteiger partial charge in [0.15, 0.2) is 0 Å². The Morgan fingerprint density at radius 3 is 2.45 bits per heavy atom. The van der Waals surface area contributed by atoms with Gasteiger partial charge in [-0.2, -0.15) is 12.7 Å². The lowest BCUT2D eigenvalue weighted by molar-refractivity contribution is 0.273. The van der Waals surface area contributed by atoms with E-state index in [0.717, 1.165) is 19.3 Å². The van der Waals surface area contributed by atoms with E-state index in [0.29, 0.717) is 6.54 Å². The SMILES string of the molecule is C[C@@H]1CCCCN1S(=O)(=O)Cl. The van der Waals surface area contributed by atoms with E-state index in [2.05, 4.69) is 0 Å². The van der Waals surface area contributed by atoms with Crippen LogP contribution in [0.4, 0.5) is 0 Å². The molecule has 0 bridgehead atoms. The summed E-state index contributed by atoms with van der Waals surface area (Å²) in [6, 6.07) is 0.0752. The van der Waals surface area contributed by atoms with E-state index in [1.54, 1.807) is 0 Å². The van der Waals surface area contributed by atoms with Crippen LogP contribution in [0.15, 0.2) is 0 Å². The van der Waals surface area contributed by atoms with Crippen molar-refractivity contribution < 1.29 is 8.42 Å². The minimum Gasteiger partial charge on any atom is -0.195 e. The molecule has 0 unspecified atom stereocenters. The van der Waals surface area contributed by atoms with Crippen LogP contribution in [0.2, 0.25) is 0 Å². The predicted octanol–water partition coefficient (Wildman–Crippen LogP) is 1.34. The fourth-order valence-corrected chi connectivity index (χ4v) is 2.89. The zero-order valence-corrected chi connectivity index (χ0v) is 8.03. The van der Waals surface area contributed by atoms with Gasteiger partial charge in [0.1, 0.15) is 0 Å². The highest BCUT2D eigenvalue weighted by Crippen LogP contribution is 2.21. The van der Waals surface area contributed by atoms with Crippen LogP contribution in [0.5, 0.6) is 0 Å². The minimum absolute atomic E-state index is 0.0752. The van der Waals surface area contributed by atoms with Crippen molar-refractivity contribution in [3.05, 3.63) is 0 Å². The van der Waals surface area contributed by atoms with Crippen molar-refractivity contribution in [1.82, 2.24) is 4.31 Å². The first-order valence-corrected chi connectivity index (χ1v) is 6.00. The molecule has 0 amide bonds. The summed E-state index contributed by atoms with van der Waals surface area (Å²) in [5, 5.41) is 0. The first kappa shape index (κ1) is 9.29. The maximum Gasteiger partial charge on any atom is 0.300 e. The van der Waals surface area contributed by atoms with Crippen molar-refractivity contribution in [2.75, 3.05) is 6.54 Å². The van der Waals surface area contributed by atoms with Gasteiger partial charge in [0.25, 0.3) is 9.24 Å². The molecule has 3 nitrogen and oxygen atoms in total. The molecule has 1 fully saturated rings. The van der Waals surface area contributed by atoms with Crippen LogP contribution in [-0.4, -0.2) is 25.3 Å². The second kappa shape index (κ2) is 3.29. The maximum absolute atomic E-state index is 10.9. The van der Waals surface area contributed by atoms with Gasteiger partial charge in [-0.3, -0.25) is 0 Å². The van der Waals surface area contributed by atoms with Gasteiger partial charge in [-0.15, -0.1) is 0 Å². The Morgan fingerprint density at radius 1 is 1.45 bits per heavy atom. The Bertz CT molecular complexity index is 227. The second-order valence-corrected chi connectivity index (χ2v) is 5.36. The molecule has 0 saturated carbocycles. The van der Waals surface area contributed by atoms with Crippen molar-refractivity contribution in [3.63, 3.8) is 0 Å². The third kappa shape index (κ3) is 2.32. The first-order chi connectivity index (χ1) is 5.02. The van der Waals surface area contributed by atoms with Crippen molar-refractivity contribution in [2.45, 2.75) is 32.2 Å². The third-order valence-electron chi connectivity index (χ3n) is 2.02. The monoisotopic (exact) mass is 197 g/mol. The molecule has 0 spiro atoms. The molecular formula is C6H12ClNO2S. The van der Waals surface area contributed by atoms with Gasteiger partial charge in [-0.05, 0) is 19.8 Å². The van der Waals surface area contributed by atoms with E-state index >= 15 is 0 Å². The average Bonchev–Trinajstić information content (AvgIpc) is 1.86. The number of hydrogen-bond acceptors (Lipinski definition) is 2. The summed E-state index contributed by atoms with van der Waals surface area (Å²) in [7, 11) is 1.74. The van der Waals surface area contributed by atoms with Gasteiger partial charge in [0.2, 0.25) is 0 Å². The molecule has 0 N–H and O–H groups in total. The minimum atomic E-state index is -3.47. The average molecular weight is 198 g/mol. The molecule has 5 heteroatoms. The van der Waals surface area contributed by atoms with E-state index in [4.69, 9.17) is 10.7 Å². The summed E-state index contributed by atoms with van der Waals surface area (Å²) in [6.45, 7) is 2.46. The van der Waals surface area contributed by atoms with E-state index in [-0.39, 0.29) is 6.04 Å². The quantitative estimate of drug-likeness (QED) is 0.595. The largest absolute Gasteiger partial charge is 0.300 e. The summed E-state index contributed by atoms with van der Waals surface area (Å²) in [4.78, 5) is 0. The van der Waals surface area contributed by atoms with Crippen molar-refractivity contribution in [3.8, 4) is 0 Å². The molecule has 1 atom stereocenters. The van der Waals surface area contributed by atoms with Crippen LogP contribution in [0, 0.1) is 0 Å². The molecule has 0 aromatic heterocycles. The van der Waals surface area contributed by atoms with E-state index in [1.807, 2.05) is 6.92 Å². The Morgan fingerprint density at radius 2 is 2.09 bits per heavy atom. The highest BCUT2D eigenvalue weighted by atomic mass is 35.7. The normalized spacial score (nSPS) is 28.7. The molecule has 1 aliphatic rings. The molecular weight excluding hydrogens is 186 g/mol. The molecule has 0 radical (unpaired) electrons. The first-order valence-electron chi connectivity index (χ1n) is 3.73. The summed E-state index contributed by atoms with van der Waals surface area (Å²) >= 11 is 0. The lowest BCUT2D eigenvalue weighted by atomic mass is 10.1. The lowest BCUT2D eigenvalue weighted by Gasteiger charge is -2.29. The third-order valence-corrected chi connectivity index (χ3v) is 3.66. The van der Waals surface area contributed by atoms with Gasteiger partial charge >= 0.3 is 0 Å². The summed E-state index contributed by atoms with van der Waals surface area (Å²) in [6.07, 6.45) is 2.95. The van der Waals surface area contributed by atoms with E-state index < -0.39 is 9.24 Å². The molecule has 0 aromatic rings. The molecule has 1 rings (SSSR count). The van der Waals surface area contributed by atoms with Crippen LogP contribution in [0.1, 0.15) is 26.2 Å². The van der Waals surface area contributed by atoms with Gasteiger partial charge in [-0.25, -0.2) is 0 Å². The van der Waals surface area contributed by atoms with E-state index in [9.17, 15) is 8.42 Å². The number of halogens is 1. The lowest BCUT2D eigenvalue weighted by Crippen LogP contribution is -2.39. The molecule has 1 heterocycles. The molecule has 1 aliphatic heterocycles. The maximum atomic E-state index is 10.9. The van der Waals surface area contributed by atoms with Crippen molar-refractivity contribution >= 4 is 19.9 Å². The Hall–Kier alpha value is 0.200. The molecule has 1 saturated heterocycles. The zero-order chi connectivity index (χ0) is 8.48. The summed E-state index contributed by atoms with van der Waals surface area (Å²) in [5.41, 5.74) is 0. The van der Waals surface area contributed by atoms with E-state index in [1.165, 1.54) is 4.31 Å². The number of nitrogens with zero attached hydrogens (tertiary/aromatic N) is 1. The smallest absolute Gasteiger partial charge is 0.195 e. The highest BCUT2D eigenvalue weighted by molar-refractivity contribution is 8.11. The molecule has 0 aromatic carbocycles. The number of hydrogen-bond donors (Lipinski definition) is 0. The van der Waals surface area contributed by atoms with Gasteiger partial charge in [0.05, 0.1) is 0 Å². The highest BCUT2D eigenvalue weighted by Gasteiger charge is 2.27. The second-order valence-electron chi connectivity index (χ2n) is 2.90. The van der Waals surface area contributed by atoms with Crippen LogP contribution in [0.25, 0.3) is 0 Å². The summed E-state index contributed by atoms with van der Waals surface area (Å²) in [5.74, 6) is 0. The Labute approximate surface area is 71.9 Å². The fraction of sp³-hybridized carbons (Fsp3) is 1.00. The van der Waals surface area contributed by atoms with Gasteiger partial charge in [-0.1, -0.05) is 6.42 Å². The van der Waals surface area contributed by atoms with Crippen LogP contribution >= 0.6 is 10.7 Å². The van der Waals surface area contributed by atoms with Gasteiger partial charge < -0.3 is 0 Å². The van der Waals surface area contributed by atoms with Crippen LogP contribution in [-0.2, 0) is 9.24 Å². The standard InChI is InChI=1S/C6H12ClNO2S/c1-6-4-2-3-5-8(6)11(7,9)10/h6H,2-5H2,1H3/t6-/m1/s1. The number of piperidine rings is 1. The Kier molecular flexibility index (Phi) is 2.78. The van der Waals surface area contributed by atoms with Crippen molar-refractivity contribution in [1.29, 1.82) is 0 Å². The number of rotatable bonds is 1. The van der Waals surface area contributed by atoms with Gasteiger partial charge in [0, 0.05) is 23.3 Å². The van der Waals surface area contributed by atoms with Crippen molar-refractivity contribution in [2.24, 2.45) is 0 Å². The zero-order valence-electron chi connectivity index (χ0n) is 6.46. The predicted molar refractivity (Wildman–Crippen MR) is 44.8 cm³/mol. The molecule has 0 aliphatic carbocycles.